The molecule has 32 heavy (non-hydrogen) atoms. The minimum atomic E-state index is -0.498. The first-order valence-electron chi connectivity index (χ1n) is 11.2. The molecule has 0 aromatic heterocycles. The van der Waals surface area contributed by atoms with Gasteiger partial charge in [0, 0.05) is 19.5 Å². The molecule has 1 saturated heterocycles. The zero-order chi connectivity index (χ0) is 23.1. The summed E-state index contributed by atoms with van der Waals surface area (Å²) in [6.45, 7) is 6.84. The van der Waals surface area contributed by atoms with Crippen molar-refractivity contribution in [1.82, 2.24) is 10.2 Å². The Kier molecular flexibility index (Phi) is 7.78. The number of amides is 2. The molecule has 1 N–H and O–H groups in total. The monoisotopic (exact) mass is 438 g/mol. The van der Waals surface area contributed by atoms with Crippen LogP contribution in [-0.2, 0) is 9.53 Å². The second-order valence-corrected chi connectivity index (χ2v) is 9.30. The number of carbonyl (C=O) groups excluding carboxylic acids is 2. The minimum Gasteiger partial charge on any atom is -0.497 e. The minimum absolute atomic E-state index is 0.0189. The molecule has 6 heteroatoms. The zero-order valence-electron chi connectivity index (χ0n) is 19.5. The highest BCUT2D eigenvalue weighted by molar-refractivity contribution is 5.77. The summed E-state index contributed by atoms with van der Waals surface area (Å²) in [5, 5.41) is 3.21. The van der Waals surface area contributed by atoms with E-state index in [0.29, 0.717) is 19.5 Å². The normalized spacial score (nSPS) is 15.7. The molecule has 0 spiro atoms. The number of likely N-dealkylation sites (tertiary alicyclic amines) is 1. The molecule has 1 aliphatic heterocycles. The molecule has 0 saturated carbocycles. The van der Waals surface area contributed by atoms with Gasteiger partial charge in [0.25, 0.3) is 0 Å². The molecule has 2 amide bonds. The van der Waals surface area contributed by atoms with Crippen molar-refractivity contribution in [1.29, 1.82) is 0 Å². The number of nitrogens with one attached hydrogen (secondary N) is 1. The molecule has 2 aromatic rings. The first-order valence-corrected chi connectivity index (χ1v) is 11.2. The van der Waals surface area contributed by atoms with E-state index >= 15 is 0 Å². The van der Waals surface area contributed by atoms with E-state index in [0.717, 1.165) is 29.7 Å². The van der Waals surface area contributed by atoms with Gasteiger partial charge in [0.2, 0.25) is 5.91 Å². The van der Waals surface area contributed by atoms with Crippen molar-refractivity contribution in [3.8, 4) is 5.75 Å². The molecule has 0 bridgehead atoms. The first kappa shape index (κ1) is 23.6. The number of piperidine rings is 1. The van der Waals surface area contributed by atoms with Crippen LogP contribution in [0.25, 0.3) is 0 Å². The lowest BCUT2D eigenvalue weighted by Crippen LogP contribution is -2.42. The number of carbonyl (C=O) groups is 2. The van der Waals surface area contributed by atoms with Gasteiger partial charge in [-0.05, 0) is 62.8 Å². The summed E-state index contributed by atoms with van der Waals surface area (Å²) in [6, 6.07) is 17.5. The lowest BCUT2D eigenvalue weighted by Gasteiger charge is -2.33. The van der Waals surface area contributed by atoms with E-state index in [1.807, 2.05) is 75.4 Å². The zero-order valence-corrected chi connectivity index (χ0v) is 19.5. The average Bonchev–Trinajstić information content (AvgIpc) is 2.77. The van der Waals surface area contributed by atoms with E-state index in [-0.39, 0.29) is 24.0 Å². The van der Waals surface area contributed by atoms with Gasteiger partial charge in [-0.1, -0.05) is 42.5 Å². The van der Waals surface area contributed by atoms with Crippen molar-refractivity contribution >= 4 is 12.0 Å². The molecule has 0 radical (unpaired) electrons. The van der Waals surface area contributed by atoms with Crippen molar-refractivity contribution in [3.63, 3.8) is 0 Å². The summed E-state index contributed by atoms with van der Waals surface area (Å²) >= 11 is 0. The topological polar surface area (TPSA) is 67.9 Å². The van der Waals surface area contributed by atoms with Gasteiger partial charge >= 0.3 is 6.09 Å². The van der Waals surface area contributed by atoms with Gasteiger partial charge < -0.3 is 19.7 Å². The van der Waals surface area contributed by atoms with Gasteiger partial charge in [0.15, 0.2) is 0 Å². The van der Waals surface area contributed by atoms with Crippen molar-refractivity contribution in [2.75, 3.05) is 20.2 Å². The maximum Gasteiger partial charge on any atom is 0.410 e. The van der Waals surface area contributed by atoms with E-state index in [9.17, 15) is 9.59 Å². The Morgan fingerprint density at radius 1 is 1.00 bits per heavy atom. The standard InChI is InChI=1S/C26H34N2O4/c1-26(2,3)32-25(30)28-16-14-19(15-17-28)18-23(29)27-24(20-8-6-5-7-9-20)21-10-12-22(31-4)13-11-21/h5-13,19,24H,14-18H2,1-4H3,(H,27,29). The number of methoxy groups -OCH3 is 1. The Morgan fingerprint density at radius 3 is 2.16 bits per heavy atom. The molecular weight excluding hydrogens is 404 g/mol. The maximum atomic E-state index is 13.0. The molecule has 6 nitrogen and oxygen atoms in total. The van der Waals surface area contributed by atoms with Gasteiger partial charge in [0.1, 0.15) is 11.4 Å². The van der Waals surface area contributed by atoms with Gasteiger partial charge in [-0.3, -0.25) is 4.79 Å². The van der Waals surface area contributed by atoms with Crippen molar-refractivity contribution in [2.45, 2.75) is 51.7 Å². The fourth-order valence-corrected chi connectivity index (χ4v) is 3.93. The molecular formula is C26H34N2O4. The van der Waals surface area contributed by atoms with E-state index < -0.39 is 5.60 Å². The third-order valence-corrected chi connectivity index (χ3v) is 5.63. The van der Waals surface area contributed by atoms with Gasteiger partial charge in [-0.2, -0.15) is 0 Å². The second-order valence-electron chi connectivity index (χ2n) is 9.30. The fraction of sp³-hybridized carbons (Fsp3) is 0.462. The largest absolute Gasteiger partial charge is 0.497 e. The molecule has 1 fully saturated rings. The van der Waals surface area contributed by atoms with Gasteiger partial charge in [-0.15, -0.1) is 0 Å². The van der Waals surface area contributed by atoms with Gasteiger partial charge in [-0.25, -0.2) is 4.79 Å². The molecule has 1 heterocycles. The van der Waals surface area contributed by atoms with Crippen LogP contribution in [-0.4, -0.2) is 42.7 Å². The number of rotatable bonds is 6. The van der Waals surface area contributed by atoms with Crippen LogP contribution >= 0.6 is 0 Å². The van der Waals surface area contributed by atoms with E-state index in [1.54, 1.807) is 12.0 Å². The van der Waals surface area contributed by atoms with Crippen molar-refractivity contribution in [3.05, 3.63) is 65.7 Å². The summed E-state index contributed by atoms with van der Waals surface area (Å²) < 4.78 is 10.7. The number of hydrogen-bond donors (Lipinski definition) is 1. The smallest absolute Gasteiger partial charge is 0.410 e. The quantitative estimate of drug-likeness (QED) is 0.694. The Morgan fingerprint density at radius 2 is 1.59 bits per heavy atom. The number of hydrogen-bond acceptors (Lipinski definition) is 4. The third-order valence-electron chi connectivity index (χ3n) is 5.63. The first-order chi connectivity index (χ1) is 15.2. The lowest BCUT2D eigenvalue weighted by atomic mass is 9.92. The summed E-state index contributed by atoms with van der Waals surface area (Å²) in [5.74, 6) is 1.05. The highest BCUT2D eigenvalue weighted by atomic mass is 16.6. The van der Waals surface area contributed by atoms with Crippen LogP contribution in [0, 0.1) is 5.92 Å². The van der Waals surface area contributed by atoms with Gasteiger partial charge in [0.05, 0.1) is 13.2 Å². The highest BCUT2D eigenvalue weighted by Gasteiger charge is 2.28. The van der Waals surface area contributed by atoms with E-state index in [1.165, 1.54) is 0 Å². The molecule has 172 valence electrons. The number of benzene rings is 2. The molecule has 3 rings (SSSR count). The number of nitrogens with zero attached hydrogens (tertiary/aromatic N) is 1. The van der Waals surface area contributed by atoms with Crippen LogP contribution in [0.15, 0.2) is 54.6 Å². The van der Waals surface area contributed by atoms with E-state index in [2.05, 4.69) is 5.32 Å². The third kappa shape index (κ3) is 6.74. The van der Waals surface area contributed by atoms with Crippen LogP contribution in [0.3, 0.4) is 0 Å². The molecule has 1 unspecified atom stereocenters. The fourth-order valence-electron chi connectivity index (χ4n) is 3.93. The van der Waals surface area contributed by atoms with Crippen LogP contribution in [0.2, 0.25) is 0 Å². The van der Waals surface area contributed by atoms with Crippen LogP contribution in [0.1, 0.15) is 57.2 Å². The summed E-state index contributed by atoms with van der Waals surface area (Å²) in [5.41, 5.74) is 1.54. The van der Waals surface area contributed by atoms with Crippen molar-refractivity contribution < 1.29 is 19.1 Å². The predicted molar refractivity (Wildman–Crippen MR) is 125 cm³/mol. The van der Waals surface area contributed by atoms with Crippen LogP contribution in [0.5, 0.6) is 5.75 Å². The molecule has 1 atom stereocenters. The van der Waals surface area contributed by atoms with E-state index in [4.69, 9.17) is 9.47 Å². The van der Waals surface area contributed by atoms with Crippen LogP contribution < -0.4 is 10.1 Å². The Labute approximate surface area is 190 Å². The Hall–Kier alpha value is -3.02. The summed E-state index contributed by atoms with van der Waals surface area (Å²) in [4.78, 5) is 27.0. The maximum absolute atomic E-state index is 13.0. The summed E-state index contributed by atoms with van der Waals surface area (Å²) in [6.07, 6.45) is 1.77. The Bertz CT molecular complexity index is 882. The molecule has 0 aliphatic carbocycles. The van der Waals surface area contributed by atoms with Crippen LogP contribution in [0.4, 0.5) is 4.79 Å². The Balaban J connectivity index is 1.59. The highest BCUT2D eigenvalue weighted by Crippen LogP contribution is 2.26. The van der Waals surface area contributed by atoms with Crippen molar-refractivity contribution in [2.24, 2.45) is 5.92 Å². The molecule has 2 aromatic carbocycles. The SMILES string of the molecule is COc1ccc(C(NC(=O)CC2CCN(C(=O)OC(C)(C)C)CC2)c2ccccc2)cc1. The average molecular weight is 439 g/mol. The summed E-state index contributed by atoms with van der Waals surface area (Å²) in [7, 11) is 1.64. The number of ether oxygens (including phenoxy) is 2. The second kappa shape index (κ2) is 10.5. The lowest BCUT2D eigenvalue weighted by molar-refractivity contribution is -0.122. The molecule has 1 aliphatic rings. The predicted octanol–water partition coefficient (Wildman–Crippen LogP) is 4.94.